The Kier molecular flexibility index (Phi) is 3.47. The lowest BCUT2D eigenvalue weighted by molar-refractivity contribution is -0.104. The summed E-state index contributed by atoms with van der Waals surface area (Å²) >= 11 is 0. The maximum absolute atomic E-state index is 13.3. The number of halogens is 1. The van der Waals surface area contributed by atoms with Crippen molar-refractivity contribution in [1.29, 1.82) is 0 Å². The summed E-state index contributed by atoms with van der Waals surface area (Å²) < 4.78 is 13.3. The topological polar surface area (TPSA) is 40.5 Å². The molecule has 18 heavy (non-hydrogen) atoms. The zero-order valence-electron chi connectivity index (χ0n) is 11.2. The van der Waals surface area contributed by atoms with E-state index in [1.165, 1.54) is 6.07 Å². The number of hydrogen-bond acceptors (Lipinski definition) is 2. The Labute approximate surface area is 107 Å². The molecule has 0 heterocycles. The number of fused-ring (bicyclic) bond motifs is 1. The average Bonchev–Trinajstić information content (AvgIpc) is 2.28. The molecule has 1 unspecified atom stereocenters. The van der Waals surface area contributed by atoms with E-state index < -0.39 is 11.7 Å². The van der Waals surface area contributed by atoms with Gasteiger partial charge in [-0.05, 0) is 48.9 Å². The van der Waals surface area contributed by atoms with Crippen LogP contribution in [0, 0.1) is 11.7 Å². The average molecular weight is 252 g/mol. The summed E-state index contributed by atoms with van der Waals surface area (Å²) in [5, 5.41) is 20.7. The molecule has 3 atom stereocenters. The predicted molar refractivity (Wildman–Crippen MR) is 68.9 cm³/mol. The molecule has 0 saturated carbocycles. The van der Waals surface area contributed by atoms with Crippen LogP contribution in [-0.2, 0) is 6.42 Å². The third kappa shape index (κ3) is 2.06. The molecule has 1 aromatic carbocycles. The zero-order chi connectivity index (χ0) is 13.5. The Morgan fingerprint density at radius 1 is 1.33 bits per heavy atom. The van der Waals surface area contributed by atoms with Gasteiger partial charge in [-0.1, -0.05) is 19.9 Å². The van der Waals surface area contributed by atoms with E-state index in [1.807, 2.05) is 13.8 Å². The van der Waals surface area contributed by atoms with E-state index >= 15 is 0 Å². The number of hydrogen-bond donors (Lipinski definition) is 2. The second-order valence-electron chi connectivity index (χ2n) is 5.73. The van der Waals surface area contributed by atoms with Crippen molar-refractivity contribution in [2.24, 2.45) is 5.92 Å². The molecule has 0 bridgehead atoms. The highest BCUT2D eigenvalue weighted by atomic mass is 19.1. The van der Waals surface area contributed by atoms with Crippen molar-refractivity contribution < 1.29 is 14.6 Å². The largest absolute Gasteiger partial charge is 0.390 e. The Morgan fingerprint density at radius 3 is 2.56 bits per heavy atom. The molecule has 3 heteroatoms. The van der Waals surface area contributed by atoms with E-state index in [0.717, 1.165) is 11.1 Å². The van der Waals surface area contributed by atoms with Crippen LogP contribution in [0.5, 0.6) is 0 Å². The van der Waals surface area contributed by atoms with Gasteiger partial charge in [-0.3, -0.25) is 0 Å². The molecule has 1 aliphatic carbocycles. The fraction of sp³-hybridized carbons (Fsp3) is 0.600. The van der Waals surface area contributed by atoms with Gasteiger partial charge in [0, 0.05) is 5.92 Å². The minimum Gasteiger partial charge on any atom is -0.390 e. The molecule has 1 aromatic rings. The SMILES string of the molecule is CC(C)[C@@H]1c2ccc(F)cc2CCC1(O)[C@@H](C)O. The lowest BCUT2D eigenvalue weighted by Crippen LogP contribution is -2.50. The number of aliphatic hydroxyl groups is 2. The summed E-state index contributed by atoms with van der Waals surface area (Å²) in [6, 6.07) is 4.73. The quantitative estimate of drug-likeness (QED) is 0.849. The van der Waals surface area contributed by atoms with Crippen molar-refractivity contribution in [2.75, 3.05) is 0 Å². The maximum Gasteiger partial charge on any atom is 0.123 e. The molecular formula is C15H21FO2. The smallest absolute Gasteiger partial charge is 0.123 e. The molecule has 2 nitrogen and oxygen atoms in total. The minimum atomic E-state index is -1.11. The summed E-state index contributed by atoms with van der Waals surface area (Å²) in [4.78, 5) is 0. The van der Waals surface area contributed by atoms with E-state index in [2.05, 4.69) is 0 Å². The first-order valence-electron chi connectivity index (χ1n) is 6.55. The first kappa shape index (κ1) is 13.5. The molecule has 0 aliphatic heterocycles. The Balaban J connectivity index is 2.52. The van der Waals surface area contributed by atoms with Crippen molar-refractivity contribution in [2.45, 2.75) is 51.2 Å². The van der Waals surface area contributed by atoms with Crippen LogP contribution in [0.4, 0.5) is 4.39 Å². The molecule has 0 spiro atoms. The van der Waals surface area contributed by atoms with Gasteiger partial charge in [0.25, 0.3) is 0 Å². The Bertz CT molecular complexity index is 442. The van der Waals surface area contributed by atoms with Crippen LogP contribution in [0.3, 0.4) is 0 Å². The highest BCUT2D eigenvalue weighted by Crippen LogP contribution is 2.45. The molecule has 0 amide bonds. The summed E-state index contributed by atoms with van der Waals surface area (Å²) in [6.07, 6.45) is 0.296. The van der Waals surface area contributed by atoms with Gasteiger partial charge >= 0.3 is 0 Å². The zero-order valence-corrected chi connectivity index (χ0v) is 11.2. The van der Waals surface area contributed by atoms with Gasteiger partial charge in [-0.2, -0.15) is 0 Å². The normalized spacial score (nSPS) is 29.2. The lowest BCUT2D eigenvalue weighted by atomic mass is 9.65. The van der Waals surface area contributed by atoms with E-state index in [9.17, 15) is 14.6 Å². The van der Waals surface area contributed by atoms with E-state index in [4.69, 9.17) is 0 Å². The Morgan fingerprint density at radius 2 is 2.00 bits per heavy atom. The van der Waals surface area contributed by atoms with E-state index in [1.54, 1.807) is 19.1 Å². The van der Waals surface area contributed by atoms with Gasteiger partial charge < -0.3 is 10.2 Å². The van der Waals surface area contributed by atoms with Gasteiger partial charge in [-0.15, -0.1) is 0 Å². The fourth-order valence-electron chi connectivity index (χ4n) is 3.26. The third-order valence-electron chi connectivity index (χ3n) is 4.16. The molecule has 2 rings (SSSR count). The highest BCUT2D eigenvalue weighted by Gasteiger charge is 2.46. The van der Waals surface area contributed by atoms with Gasteiger partial charge in [0.2, 0.25) is 0 Å². The molecule has 100 valence electrons. The van der Waals surface area contributed by atoms with Gasteiger partial charge in [0.05, 0.1) is 11.7 Å². The van der Waals surface area contributed by atoms with E-state index in [0.29, 0.717) is 12.8 Å². The first-order valence-corrected chi connectivity index (χ1v) is 6.55. The molecule has 0 fully saturated rings. The first-order chi connectivity index (χ1) is 8.36. The van der Waals surface area contributed by atoms with Crippen LogP contribution in [0.2, 0.25) is 0 Å². The van der Waals surface area contributed by atoms with Crippen molar-refractivity contribution >= 4 is 0 Å². The van der Waals surface area contributed by atoms with Gasteiger partial charge in [-0.25, -0.2) is 4.39 Å². The monoisotopic (exact) mass is 252 g/mol. The number of rotatable bonds is 2. The lowest BCUT2D eigenvalue weighted by Gasteiger charge is -2.45. The number of benzene rings is 1. The summed E-state index contributed by atoms with van der Waals surface area (Å²) in [5.74, 6) is -0.199. The van der Waals surface area contributed by atoms with Crippen molar-refractivity contribution in [3.05, 3.63) is 35.1 Å². The second kappa shape index (κ2) is 4.63. The Hall–Kier alpha value is -0.930. The van der Waals surface area contributed by atoms with Crippen molar-refractivity contribution in [3.8, 4) is 0 Å². The maximum atomic E-state index is 13.3. The van der Waals surface area contributed by atoms with E-state index in [-0.39, 0.29) is 17.7 Å². The minimum absolute atomic E-state index is 0.151. The predicted octanol–water partition coefficient (Wildman–Crippen LogP) is 2.62. The molecule has 2 N–H and O–H groups in total. The van der Waals surface area contributed by atoms with Crippen LogP contribution in [0.25, 0.3) is 0 Å². The van der Waals surface area contributed by atoms with Crippen molar-refractivity contribution in [1.82, 2.24) is 0 Å². The third-order valence-corrected chi connectivity index (χ3v) is 4.16. The van der Waals surface area contributed by atoms with Crippen LogP contribution in [-0.4, -0.2) is 21.9 Å². The van der Waals surface area contributed by atoms with Crippen LogP contribution < -0.4 is 0 Å². The highest BCUT2D eigenvalue weighted by molar-refractivity contribution is 5.37. The number of aryl methyl sites for hydroxylation is 1. The van der Waals surface area contributed by atoms with Crippen LogP contribution >= 0.6 is 0 Å². The number of aliphatic hydroxyl groups excluding tert-OH is 1. The molecule has 0 radical (unpaired) electrons. The molecule has 0 saturated heterocycles. The summed E-state index contributed by atoms with van der Waals surface area (Å²) in [7, 11) is 0. The molecular weight excluding hydrogens is 231 g/mol. The second-order valence-corrected chi connectivity index (χ2v) is 5.73. The molecule has 1 aliphatic rings. The summed E-state index contributed by atoms with van der Waals surface area (Å²) in [5.41, 5.74) is 0.819. The fourth-order valence-corrected chi connectivity index (χ4v) is 3.26. The van der Waals surface area contributed by atoms with Gasteiger partial charge in [0.15, 0.2) is 0 Å². The summed E-state index contributed by atoms with van der Waals surface area (Å²) in [6.45, 7) is 5.68. The van der Waals surface area contributed by atoms with Crippen molar-refractivity contribution in [3.63, 3.8) is 0 Å². The van der Waals surface area contributed by atoms with Gasteiger partial charge in [0.1, 0.15) is 5.82 Å². The van der Waals surface area contributed by atoms with Crippen LogP contribution in [0.15, 0.2) is 18.2 Å². The standard InChI is InChI=1S/C15H21FO2/c1-9(2)14-13-5-4-12(16)8-11(13)6-7-15(14,18)10(3)17/h4-5,8-10,14,17-18H,6-7H2,1-3H3/t10-,14-,15?/m1/s1. The molecule has 0 aromatic heterocycles. The van der Waals surface area contributed by atoms with Crippen LogP contribution in [0.1, 0.15) is 44.2 Å².